The Hall–Kier alpha value is -2.86. The highest BCUT2D eigenvalue weighted by Gasteiger charge is 2.32. The Morgan fingerprint density at radius 1 is 1.24 bits per heavy atom. The van der Waals surface area contributed by atoms with Gasteiger partial charge in [0.2, 0.25) is 5.91 Å². The second kappa shape index (κ2) is 6.57. The van der Waals surface area contributed by atoms with E-state index in [9.17, 15) is 4.79 Å². The van der Waals surface area contributed by atoms with Gasteiger partial charge in [0, 0.05) is 25.4 Å². The highest BCUT2D eigenvalue weighted by Crippen LogP contribution is 2.23. The van der Waals surface area contributed by atoms with Crippen LogP contribution >= 0.6 is 0 Å². The second-order valence-corrected chi connectivity index (χ2v) is 6.22. The molecule has 6 heteroatoms. The van der Waals surface area contributed by atoms with E-state index >= 15 is 0 Å². The number of furan rings is 1. The summed E-state index contributed by atoms with van der Waals surface area (Å²) in [6, 6.07) is 13.7. The van der Waals surface area contributed by atoms with E-state index in [1.54, 1.807) is 15.8 Å². The number of hydrogen-bond donors (Lipinski definition) is 1. The van der Waals surface area contributed by atoms with E-state index in [2.05, 4.69) is 10.4 Å². The molecular weight excluding hydrogens is 316 g/mol. The number of benzene rings is 1. The largest absolute Gasteiger partial charge is 0.460 e. The molecule has 6 nitrogen and oxygen atoms in total. The van der Waals surface area contributed by atoms with E-state index in [0.717, 1.165) is 29.2 Å². The van der Waals surface area contributed by atoms with Crippen LogP contribution < -0.4 is 10.2 Å². The molecule has 0 bridgehead atoms. The summed E-state index contributed by atoms with van der Waals surface area (Å²) in [6.07, 6.45) is 4.36. The van der Waals surface area contributed by atoms with Gasteiger partial charge in [-0.3, -0.25) is 14.8 Å². The number of nitrogens with zero attached hydrogens (tertiary/aromatic N) is 3. The first-order valence-electron chi connectivity index (χ1n) is 8.38. The zero-order chi connectivity index (χ0) is 17.2. The number of anilines is 1. The molecule has 0 radical (unpaired) electrons. The average molecular weight is 336 g/mol. The molecule has 2 aromatic heterocycles. The number of hydrogen-bond acceptors (Lipinski definition) is 4. The summed E-state index contributed by atoms with van der Waals surface area (Å²) in [7, 11) is 1.85. The fourth-order valence-corrected chi connectivity index (χ4v) is 3.13. The van der Waals surface area contributed by atoms with Crippen LogP contribution in [0.3, 0.4) is 0 Å². The third-order valence-corrected chi connectivity index (χ3v) is 4.45. The standard InChI is InChI=1S/C19H20N4O2/c1-22-13-15(11-21-22)23-10-9-17(19(23)24)20-12-16-7-8-18(25-16)14-5-3-2-4-6-14/h2-8,11,13,17,20H,9-10,12H2,1H3. The third kappa shape index (κ3) is 3.21. The van der Waals surface area contributed by atoms with Gasteiger partial charge in [0.05, 0.1) is 24.5 Å². The van der Waals surface area contributed by atoms with Crippen molar-refractivity contribution in [3.8, 4) is 11.3 Å². The van der Waals surface area contributed by atoms with Gasteiger partial charge in [0.1, 0.15) is 11.5 Å². The maximum atomic E-state index is 12.6. The first-order valence-corrected chi connectivity index (χ1v) is 8.38. The van der Waals surface area contributed by atoms with Gasteiger partial charge in [-0.15, -0.1) is 0 Å². The van der Waals surface area contributed by atoms with Gasteiger partial charge >= 0.3 is 0 Å². The number of aromatic nitrogens is 2. The molecule has 0 spiro atoms. The van der Waals surface area contributed by atoms with Gasteiger partial charge in [-0.05, 0) is 18.6 Å². The Morgan fingerprint density at radius 3 is 2.84 bits per heavy atom. The van der Waals surface area contributed by atoms with Crippen molar-refractivity contribution < 1.29 is 9.21 Å². The summed E-state index contributed by atoms with van der Waals surface area (Å²) in [6.45, 7) is 1.24. The summed E-state index contributed by atoms with van der Waals surface area (Å²) >= 11 is 0. The van der Waals surface area contributed by atoms with Crippen molar-refractivity contribution in [2.24, 2.45) is 7.05 Å². The summed E-state index contributed by atoms with van der Waals surface area (Å²) in [4.78, 5) is 14.3. The fraction of sp³-hybridized carbons (Fsp3) is 0.263. The number of rotatable bonds is 5. The topological polar surface area (TPSA) is 63.3 Å². The van der Waals surface area contributed by atoms with Crippen molar-refractivity contribution >= 4 is 11.6 Å². The van der Waals surface area contributed by atoms with E-state index in [4.69, 9.17) is 4.42 Å². The van der Waals surface area contributed by atoms with Crippen LogP contribution in [0, 0.1) is 0 Å². The minimum Gasteiger partial charge on any atom is -0.460 e. The van der Waals surface area contributed by atoms with Crippen LogP contribution in [0.15, 0.2) is 59.3 Å². The zero-order valence-electron chi connectivity index (χ0n) is 14.1. The maximum Gasteiger partial charge on any atom is 0.244 e. The monoisotopic (exact) mass is 336 g/mol. The predicted octanol–water partition coefficient (Wildman–Crippen LogP) is 2.58. The van der Waals surface area contributed by atoms with Gasteiger partial charge in [0.15, 0.2) is 0 Å². The molecule has 0 aliphatic carbocycles. The number of carbonyl (C=O) groups excluding carboxylic acids is 1. The molecule has 1 N–H and O–H groups in total. The molecule has 1 aliphatic rings. The number of nitrogens with one attached hydrogen (secondary N) is 1. The van der Waals surface area contributed by atoms with Crippen LogP contribution in [0.4, 0.5) is 5.69 Å². The van der Waals surface area contributed by atoms with E-state index in [-0.39, 0.29) is 11.9 Å². The van der Waals surface area contributed by atoms with Gasteiger partial charge < -0.3 is 9.32 Å². The molecular formula is C19H20N4O2. The number of aryl methyl sites for hydroxylation is 1. The Labute approximate surface area is 146 Å². The van der Waals surface area contributed by atoms with Crippen molar-refractivity contribution in [3.63, 3.8) is 0 Å². The lowest BCUT2D eigenvalue weighted by molar-refractivity contribution is -0.118. The molecule has 1 aromatic carbocycles. The van der Waals surface area contributed by atoms with Gasteiger partial charge in [-0.25, -0.2) is 0 Å². The predicted molar refractivity (Wildman–Crippen MR) is 94.9 cm³/mol. The summed E-state index contributed by atoms with van der Waals surface area (Å²) in [5.41, 5.74) is 1.90. The lowest BCUT2D eigenvalue weighted by Crippen LogP contribution is -2.37. The smallest absolute Gasteiger partial charge is 0.244 e. The molecule has 1 unspecified atom stereocenters. The first-order chi connectivity index (χ1) is 12.2. The molecule has 128 valence electrons. The van der Waals surface area contributed by atoms with Crippen molar-refractivity contribution in [1.29, 1.82) is 0 Å². The first kappa shape index (κ1) is 15.7. The molecule has 1 atom stereocenters. The van der Waals surface area contributed by atoms with Crippen LogP contribution in [-0.4, -0.2) is 28.3 Å². The maximum absolute atomic E-state index is 12.6. The minimum atomic E-state index is -0.189. The molecule has 1 fully saturated rings. The van der Waals surface area contributed by atoms with Crippen LogP contribution in [0.1, 0.15) is 12.2 Å². The van der Waals surface area contributed by atoms with Gasteiger partial charge in [0.25, 0.3) is 0 Å². The number of carbonyl (C=O) groups is 1. The molecule has 0 saturated carbocycles. The van der Waals surface area contributed by atoms with Gasteiger partial charge in [-0.1, -0.05) is 30.3 Å². The molecule has 3 heterocycles. The van der Waals surface area contributed by atoms with Crippen LogP contribution in [0.5, 0.6) is 0 Å². The summed E-state index contributed by atoms with van der Waals surface area (Å²) < 4.78 is 7.58. The Kier molecular flexibility index (Phi) is 4.11. The Bertz CT molecular complexity index is 868. The number of amides is 1. The lowest BCUT2D eigenvalue weighted by atomic mass is 10.2. The average Bonchev–Trinajstić information content (AvgIpc) is 3.34. The van der Waals surface area contributed by atoms with Crippen molar-refractivity contribution in [1.82, 2.24) is 15.1 Å². The minimum absolute atomic E-state index is 0.0860. The second-order valence-electron chi connectivity index (χ2n) is 6.22. The van der Waals surface area contributed by atoms with Crippen LogP contribution in [0.25, 0.3) is 11.3 Å². The van der Waals surface area contributed by atoms with Crippen molar-refractivity contribution in [2.45, 2.75) is 19.0 Å². The highest BCUT2D eigenvalue weighted by atomic mass is 16.3. The quantitative estimate of drug-likeness (QED) is 0.778. The molecule has 3 aromatic rings. The van der Waals surface area contributed by atoms with E-state index in [0.29, 0.717) is 13.1 Å². The normalized spacial score (nSPS) is 17.4. The zero-order valence-corrected chi connectivity index (χ0v) is 14.1. The highest BCUT2D eigenvalue weighted by molar-refractivity contribution is 5.99. The Balaban J connectivity index is 1.38. The molecule has 1 saturated heterocycles. The summed E-state index contributed by atoms with van der Waals surface area (Å²) in [5.74, 6) is 1.75. The Morgan fingerprint density at radius 2 is 2.08 bits per heavy atom. The molecule has 25 heavy (non-hydrogen) atoms. The molecule has 1 amide bonds. The SMILES string of the molecule is Cn1cc(N2CCC(NCc3ccc(-c4ccccc4)o3)C2=O)cn1. The summed E-state index contributed by atoms with van der Waals surface area (Å²) in [5, 5.41) is 7.44. The van der Waals surface area contributed by atoms with E-state index in [1.807, 2.05) is 55.7 Å². The fourth-order valence-electron chi connectivity index (χ4n) is 3.13. The van der Waals surface area contributed by atoms with Crippen molar-refractivity contribution in [3.05, 3.63) is 60.6 Å². The van der Waals surface area contributed by atoms with Crippen LogP contribution in [0.2, 0.25) is 0 Å². The third-order valence-electron chi connectivity index (χ3n) is 4.45. The van der Waals surface area contributed by atoms with Gasteiger partial charge in [-0.2, -0.15) is 5.10 Å². The van der Waals surface area contributed by atoms with Crippen molar-refractivity contribution in [2.75, 3.05) is 11.4 Å². The lowest BCUT2D eigenvalue weighted by Gasteiger charge is -2.14. The van der Waals surface area contributed by atoms with E-state index in [1.165, 1.54) is 0 Å². The molecule has 4 rings (SSSR count). The van der Waals surface area contributed by atoms with Crippen LogP contribution in [-0.2, 0) is 18.4 Å². The van der Waals surface area contributed by atoms with E-state index < -0.39 is 0 Å². The molecule has 1 aliphatic heterocycles.